The van der Waals surface area contributed by atoms with Crippen LogP contribution in [0.3, 0.4) is 0 Å². The molecule has 1 aliphatic rings. The third-order valence-electron chi connectivity index (χ3n) is 19.1. The van der Waals surface area contributed by atoms with E-state index in [1.165, 1.54) is 17.4 Å². The standard InChI is InChI=1S/C75H101N17O17S2/c1-7-41(6)63(75(108)109)91-70(103)56(35-93)87-72(105)59-22-15-25-92(59)74(107)58(37-111)89-67(100)52(26-39(2)3)82-60(94)34-80-65(98)54(28-43-31-78-49-20-13-11-18-46(43)49)86-73(106)62(40(4)5)90-66(99)51(23-24-61(95)96)83-71(104)57(36-110)88-69(102)55(29-44-32-79-50-21-14-12-19-47(44)50)85-68(101)53(27-42-16-9-8-10-17-42)84-64(97)48(76)30-45-33-77-38-81-45/h8-14,16-21,31-33,38-41,48,51-59,62-63,78-79,93,110-111H,7,15,22-30,34-37,76H2,1-6H3,(H,77,81)(H,80,98)(H,82,94)(H,83,104)(H,84,97)(H,85,101)(H,86,106)(H,87,105)(H,88,102)(H,89,100)(H,90,99)(H,91,103)(H,95,96)(H,108,109)/t41-,48-,51-,52-,53-,54-,55-,56-,57-,58-,59-,62-,63-/m0/s1. The second-order valence-electron chi connectivity index (χ2n) is 28.2. The van der Waals surface area contributed by atoms with Crippen molar-refractivity contribution in [3.05, 3.63) is 126 Å². The lowest BCUT2D eigenvalue weighted by molar-refractivity contribution is -0.144. The normalized spacial score (nSPS) is 16.0. The maximum atomic E-state index is 14.7. The van der Waals surface area contributed by atoms with Gasteiger partial charge < -0.3 is 99.4 Å². The summed E-state index contributed by atoms with van der Waals surface area (Å²) in [5.41, 5.74) is 10.0. The van der Waals surface area contributed by atoms with Crippen molar-refractivity contribution in [2.75, 3.05) is 31.2 Å². The van der Waals surface area contributed by atoms with Crippen LogP contribution in [0, 0.1) is 17.8 Å². The summed E-state index contributed by atoms with van der Waals surface area (Å²) in [7, 11) is 0. The molecular formula is C75H101N17O17S2. The fourth-order valence-electron chi connectivity index (χ4n) is 12.7. The molecule has 6 aromatic rings. The molecule has 34 nitrogen and oxygen atoms in total. The number of aromatic amines is 3. The van der Waals surface area contributed by atoms with Gasteiger partial charge in [0.1, 0.15) is 66.5 Å². The minimum atomic E-state index is -1.69. The quantitative estimate of drug-likeness (QED) is 0.0214. The number of amides is 12. The summed E-state index contributed by atoms with van der Waals surface area (Å²) >= 11 is 8.71. The molecule has 0 unspecified atom stereocenters. The number of rotatable bonds is 43. The summed E-state index contributed by atoms with van der Waals surface area (Å²) in [6.07, 6.45) is 5.54. The lowest BCUT2D eigenvalue weighted by atomic mass is 9.99. The molecule has 13 atom stereocenters. The maximum absolute atomic E-state index is 14.7. The second kappa shape index (κ2) is 42.4. The Morgan fingerprint density at radius 2 is 1.07 bits per heavy atom. The second-order valence-corrected chi connectivity index (χ2v) is 28.9. The van der Waals surface area contributed by atoms with Gasteiger partial charge in [0.05, 0.1) is 25.5 Å². The highest BCUT2D eigenvalue weighted by atomic mass is 32.1. The van der Waals surface area contributed by atoms with E-state index >= 15 is 0 Å². The van der Waals surface area contributed by atoms with E-state index in [1.807, 2.05) is 6.07 Å². The Bertz CT molecular complexity index is 4230. The number of hydrogen-bond donors (Lipinski definition) is 20. The number of hydrogen-bond acceptors (Lipinski definition) is 19. The number of nitrogens with zero attached hydrogens (tertiary/aromatic N) is 2. The van der Waals surface area contributed by atoms with Crippen molar-refractivity contribution in [3.63, 3.8) is 0 Å². The molecule has 3 aromatic heterocycles. The fraction of sp³-hybridized carbons (Fsp3) is 0.480. The van der Waals surface area contributed by atoms with Crippen molar-refractivity contribution in [2.45, 2.75) is 178 Å². The number of fused-ring (bicyclic) bond motifs is 2. The van der Waals surface area contributed by atoms with Crippen LogP contribution in [0.1, 0.15) is 102 Å². The molecule has 0 aliphatic carbocycles. The molecule has 0 saturated carbocycles. The zero-order chi connectivity index (χ0) is 81.2. The van der Waals surface area contributed by atoms with Gasteiger partial charge in [-0.3, -0.25) is 62.3 Å². The van der Waals surface area contributed by atoms with E-state index in [0.29, 0.717) is 57.0 Å². The molecule has 4 heterocycles. The van der Waals surface area contributed by atoms with E-state index in [4.69, 9.17) is 5.73 Å². The number of aliphatic hydroxyl groups excluding tert-OH is 1. The number of likely N-dealkylation sites (tertiary alicyclic amines) is 1. The number of aliphatic carboxylic acids is 2. The molecule has 0 spiro atoms. The summed E-state index contributed by atoms with van der Waals surface area (Å²) in [4.78, 5) is 209. The first-order valence-electron chi connectivity index (χ1n) is 36.7. The Labute approximate surface area is 651 Å². The lowest BCUT2D eigenvalue weighted by Crippen LogP contribution is -2.61. The molecule has 1 fully saturated rings. The first-order valence-corrected chi connectivity index (χ1v) is 37.9. The molecule has 1 aliphatic heterocycles. The van der Waals surface area contributed by atoms with Crippen LogP contribution >= 0.6 is 25.3 Å². The Hall–Kier alpha value is -10.9. The van der Waals surface area contributed by atoms with Gasteiger partial charge in [-0.15, -0.1) is 0 Å². The predicted octanol–water partition coefficient (Wildman–Crippen LogP) is -0.525. The van der Waals surface area contributed by atoms with Crippen LogP contribution < -0.4 is 64.2 Å². The van der Waals surface area contributed by atoms with Crippen molar-refractivity contribution >= 4 is 130 Å². The molecule has 7 rings (SSSR count). The van der Waals surface area contributed by atoms with Gasteiger partial charge >= 0.3 is 11.9 Å². The highest BCUT2D eigenvalue weighted by Gasteiger charge is 2.41. The smallest absolute Gasteiger partial charge is 0.326 e. The van der Waals surface area contributed by atoms with E-state index in [0.717, 1.165) is 0 Å². The number of aromatic nitrogens is 4. The van der Waals surface area contributed by atoms with Gasteiger partial charge in [-0.05, 0) is 72.3 Å². The monoisotopic (exact) mass is 1580 g/mol. The number of benzene rings is 3. The highest BCUT2D eigenvalue weighted by Crippen LogP contribution is 2.24. The van der Waals surface area contributed by atoms with Gasteiger partial charge in [-0.25, -0.2) is 9.78 Å². The van der Waals surface area contributed by atoms with E-state index in [2.05, 4.69) is 104 Å². The maximum Gasteiger partial charge on any atom is 0.326 e. The number of nitrogens with two attached hydrogens (primary N) is 1. The molecule has 1 saturated heterocycles. The Morgan fingerprint density at radius 3 is 1.63 bits per heavy atom. The molecular weight excluding hydrogens is 1480 g/mol. The minimum Gasteiger partial charge on any atom is -0.481 e. The molecule has 12 amide bonds. The lowest BCUT2D eigenvalue weighted by Gasteiger charge is -2.30. The number of carboxylic acids is 2. The molecule has 600 valence electrons. The zero-order valence-corrected chi connectivity index (χ0v) is 64.3. The summed E-state index contributed by atoms with van der Waals surface area (Å²) in [6.45, 7) is 8.41. The fourth-order valence-corrected chi connectivity index (χ4v) is 13.2. The predicted molar refractivity (Wildman–Crippen MR) is 415 cm³/mol. The number of aliphatic hydroxyl groups is 1. The number of imidazole rings is 1. The van der Waals surface area contributed by atoms with Crippen LogP contribution in [0.5, 0.6) is 0 Å². The van der Waals surface area contributed by atoms with Gasteiger partial charge in [0, 0.05) is 96.2 Å². The summed E-state index contributed by atoms with van der Waals surface area (Å²) in [5, 5.41) is 59.5. The third-order valence-corrected chi connectivity index (χ3v) is 19.8. The molecule has 36 heteroatoms. The molecule has 111 heavy (non-hydrogen) atoms. The first-order chi connectivity index (χ1) is 52.9. The van der Waals surface area contributed by atoms with Gasteiger partial charge in [-0.1, -0.05) is 115 Å². The Kier molecular flexibility index (Phi) is 33.4. The third kappa shape index (κ3) is 25.3. The van der Waals surface area contributed by atoms with Crippen molar-refractivity contribution < 1.29 is 82.4 Å². The van der Waals surface area contributed by atoms with Gasteiger partial charge in [0.15, 0.2) is 0 Å². The first kappa shape index (κ1) is 87.4. The van der Waals surface area contributed by atoms with Crippen LogP contribution in [0.2, 0.25) is 0 Å². The summed E-state index contributed by atoms with van der Waals surface area (Å²) in [5.74, 6) is -15.3. The molecule has 3 aromatic carbocycles. The zero-order valence-electron chi connectivity index (χ0n) is 62.5. The average Bonchev–Trinajstić information content (AvgIpc) is 1.74. The van der Waals surface area contributed by atoms with Crippen LogP contribution in [0.4, 0.5) is 0 Å². The summed E-state index contributed by atoms with van der Waals surface area (Å²) in [6, 6.07) is 6.21. The van der Waals surface area contributed by atoms with E-state index in [-0.39, 0.29) is 56.7 Å². The topological polar surface area (TPSA) is 522 Å². The number of para-hydroxylation sites is 2. The van der Waals surface area contributed by atoms with Gasteiger partial charge in [-0.2, -0.15) is 25.3 Å². The van der Waals surface area contributed by atoms with Crippen molar-refractivity contribution in [3.8, 4) is 0 Å². The van der Waals surface area contributed by atoms with Crippen LogP contribution in [0.15, 0.2) is 104 Å². The summed E-state index contributed by atoms with van der Waals surface area (Å²) < 4.78 is 0. The number of carbonyl (C=O) groups excluding carboxylic acids is 12. The van der Waals surface area contributed by atoms with Crippen LogP contribution in [0.25, 0.3) is 21.8 Å². The minimum absolute atomic E-state index is 0.0220. The van der Waals surface area contributed by atoms with Gasteiger partial charge in [0.25, 0.3) is 0 Å². The van der Waals surface area contributed by atoms with Crippen molar-refractivity contribution in [1.82, 2.24) is 83.3 Å². The van der Waals surface area contributed by atoms with Gasteiger partial charge in [0.2, 0.25) is 70.9 Å². The number of H-pyrrole nitrogens is 3. The number of nitrogens with one attached hydrogen (secondary N) is 14. The Balaban J connectivity index is 1.03. The van der Waals surface area contributed by atoms with Crippen LogP contribution in [-0.4, -0.2) is 227 Å². The molecule has 0 radical (unpaired) electrons. The van der Waals surface area contributed by atoms with Crippen molar-refractivity contribution in [2.24, 2.45) is 23.5 Å². The molecule has 19 N–H and O–H groups in total. The number of thiol groups is 2. The Morgan fingerprint density at radius 1 is 0.559 bits per heavy atom. The van der Waals surface area contributed by atoms with E-state index in [1.54, 1.807) is 127 Å². The van der Waals surface area contributed by atoms with Crippen LogP contribution in [-0.2, 0) is 92.8 Å². The average molecular weight is 1580 g/mol. The SMILES string of the molecule is CC[C@H](C)[C@H](NC(=O)[C@H](CO)NC(=O)[C@@H]1CCCN1C(=O)[C@H](CS)NC(=O)[C@H](CC(C)C)NC(=O)CNC(=O)[C@H](Cc1c[nH]c2ccccc12)NC(=O)[C@@H](NC(=O)[C@H](CCC(=O)O)NC(=O)[C@H](CS)NC(=O)[C@H](Cc1c[nH]c2ccccc12)NC(=O)[C@H](Cc1ccccc1)NC(=O)[C@@H](N)Cc1cnc[nH]1)C(C)C)C(=O)O. The highest BCUT2D eigenvalue weighted by molar-refractivity contribution is 7.80. The van der Waals surface area contributed by atoms with E-state index in [9.17, 15) is 82.4 Å². The molecule has 0 bridgehead atoms. The number of carbonyl (C=O) groups is 14. The van der Waals surface area contributed by atoms with Crippen molar-refractivity contribution in [1.29, 1.82) is 0 Å². The van der Waals surface area contributed by atoms with E-state index < -0.39 is 199 Å². The number of carboxylic acid groups (broad SMARTS) is 2. The largest absolute Gasteiger partial charge is 0.481 e.